The van der Waals surface area contributed by atoms with Gasteiger partial charge in [-0.1, -0.05) is 0 Å². The second-order valence-electron chi connectivity index (χ2n) is 6.57. The van der Waals surface area contributed by atoms with Gasteiger partial charge in [-0.2, -0.15) is 5.10 Å². The van der Waals surface area contributed by atoms with Gasteiger partial charge >= 0.3 is 0 Å². The molecular weight excluding hydrogens is 356 g/mol. The zero-order chi connectivity index (χ0) is 19.5. The normalized spacial score (nSPS) is 14.9. The third-order valence-corrected chi connectivity index (χ3v) is 4.73. The van der Waals surface area contributed by atoms with Gasteiger partial charge in [-0.3, -0.25) is 10.2 Å². The van der Waals surface area contributed by atoms with E-state index in [0.717, 1.165) is 17.7 Å². The Morgan fingerprint density at radius 3 is 2.89 bits per heavy atom. The molecule has 0 spiro atoms. The van der Waals surface area contributed by atoms with Crippen LogP contribution in [0.5, 0.6) is 5.75 Å². The Labute approximate surface area is 161 Å². The average Bonchev–Trinajstić information content (AvgIpc) is 3.38. The molecule has 2 aromatic heterocycles. The van der Waals surface area contributed by atoms with Crippen molar-refractivity contribution in [1.29, 1.82) is 5.41 Å². The standard InChI is InChI=1S/C20H20N6O2/c21-19(22)13-2-4-17-16(10-13)15(12-28-17)6-8-23-20(27)14-3-5-18(24-11-14)26-9-1-7-25-26/h1-5,7,9-11,15H,6,8,12H2,(H3,21,22)(H,23,27). The highest BCUT2D eigenvalue weighted by atomic mass is 16.5. The molecule has 1 atom stereocenters. The number of fused-ring (bicyclic) bond motifs is 1. The van der Waals surface area contributed by atoms with E-state index in [1.807, 2.05) is 18.2 Å². The number of amidine groups is 1. The third-order valence-electron chi connectivity index (χ3n) is 4.73. The molecule has 1 aliphatic rings. The van der Waals surface area contributed by atoms with Gasteiger partial charge in [0.1, 0.15) is 11.6 Å². The molecule has 8 nitrogen and oxygen atoms in total. The van der Waals surface area contributed by atoms with Crippen LogP contribution in [0, 0.1) is 5.41 Å². The Bertz CT molecular complexity index is 998. The SMILES string of the molecule is N=C(N)c1ccc2c(c1)C(CCNC(=O)c1ccc(-n3cccn3)nc1)CO2. The summed E-state index contributed by atoms with van der Waals surface area (Å²) >= 11 is 0. The quantitative estimate of drug-likeness (QED) is 0.448. The van der Waals surface area contributed by atoms with Crippen LogP contribution in [0.4, 0.5) is 0 Å². The number of ether oxygens (including phenoxy) is 1. The van der Waals surface area contributed by atoms with Crippen LogP contribution in [0.1, 0.15) is 33.8 Å². The van der Waals surface area contributed by atoms with Crippen LogP contribution in [-0.4, -0.2) is 39.7 Å². The Hall–Kier alpha value is -3.68. The lowest BCUT2D eigenvalue weighted by Crippen LogP contribution is -2.26. The fourth-order valence-electron chi connectivity index (χ4n) is 3.21. The monoisotopic (exact) mass is 376 g/mol. The van der Waals surface area contributed by atoms with E-state index in [1.165, 1.54) is 0 Å². The minimum Gasteiger partial charge on any atom is -0.493 e. The summed E-state index contributed by atoms with van der Waals surface area (Å²) < 4.78 is 7.33. The molecule has 3 heterocycles. The number of nitrogen functional groups attached to an aromatic ring is 1. The Balaban J connectivity index is 1.34. The summed E-state index contributed by atoms with van der Waals surface area (Å²) in [5, 5.41) is 14.6. The minimum absolute atomic E-state index is 0.0350. The molecule has 0 bridgehead atoms. The molecule has 0 saturated heterocycles. The van der Waals surface area contributed by atoms with Crippen molar-refractivity contribution < 1.29 is 9.53 Å². The van der Waals surface area contributed by atoms with E-state index in [9.17, 15) is 4.79 Å². The zero-order valence-electron chi connectivity index (χ0n) is 15.1. The number of hydrogen-bond donors (Lipinski definition) is 3. The third kappa shape index (κ3) is 3.57. The molecule has 4 rings (SSSR count). The number of hydrogen-bond acceptors (Lipinski definition) is 5. The number of rotatable bonds is 6. The van der Waals surface area contributed by atoms with E-state index in [-0.39, 0.29) is 17.7 Å². The molecule has 1 amide bonds. The minimum atomic E-state index is -0.170. The number of carbonyl (C=O) groups excluding carboxylic acids is 1. The van der Waals surface area contributed by atoms with E-state index in [1.54, 1.807) is 41.5 Å². The Morgan fingerprint density at radius 1 is 1.32 bits per heavy atom. The topological polar surface area (TPSA) is 119 Å². The van der Waals surface area contributed by atoms with Crippen molar-refractivity contribution in [2.45, 2.75) is 12.3 Å². The van der Waals surface area contributed by atoms with Gasteiger partial charge in [-0.25, -0.2) is 9.67 Å². The fourth-order valence-corrected chi connectivity index (χ4v) is 3.21. The maximum Gasteiger partial charge on any atom is 0.252 e. The van der Waals surface area contributed by atoms with Crippen LogP contribution < -0.4 is 15.8 Å². The molecule has 8 heteroatoms. The summed E-state index contributed by atoms with van der Waals surface area (Å²) in [5.74, 6) is 1.50. The first-order valence-corrected chi connectivity index (χ1v) is 8.97. The molecule has 3 aromatic rings. The van der Waals surface area contributed by atoms with Gasteiger partial charge in [0.2, 0.25) is 0 Å². The molecule has 0 saturated carbocycles. The van der Waals surface area contributed by atoms with Crippen molar-refractivity contribution >= 4 is 11.7 Å². The summed E-state index contributed by atoms with van der Waals surface area (Å²) in [6, 6.07) is 10.8. The predicted octanol–water partition coefficient (Wildman–Crippen LogP) is 1.85. The van der Waals surface area contributed by atoms with Gasteiger partial charge in [-0.15, -0.1) is 0 Å². The number of nitrogens with zero attached hydrogens (tertiary/aromatic N) is 3. The van der Waals surface area contributed by atoms with E-state index in [4.69, 9.17) is 15.9 Å². The average molecular weight is 376 g/mol. The van der Waals surface area contributed by atoms with Gasteiger partial charge in [-0.05, 0) is 42.8 Å². The first kappa shape index (κ1) is 17.7. The van der Waals surface area contributed by atoms with Crippen LogP contribution in [0.25, 0.3) is 5.82 Å². The number of carbonyl (C=O) groups is 1. The van der Waals surface area contributed by atoms with E-state index in [0.29, 0.717) is 30.1 Å². The van der Waals surface area contributed by atoms with Crippen LogP contribution in [0.15, 0.2) is 55.0 Å². The molecule has 1 aliphatic heterocycles. The molecular formula is C20H20N6O2. The van der Waals surface area contributed by atoms with Crippen LogP contribution in [0.3, 0.4) is 0 Å². The largest absolute Gasteiger partial charge is 0.493 e. The molecule has 1 aromatic carbocycles. The van der Waals surface area contributed by atoms with E-state index >= 15 is 0 Å². The first-order valence-electron chi connectivity index (χ1n) is 8.97. The molecule has 4 N–H and O–H groups in total. The molecule has 0 radical (unpaired) electrons. The Morgan fingerprint density at radius 2 is 2.18 bits per heavy atom. The molecule has 28 heavy (non-hydrogen) atoms. The lowest BCUT2D eigenvalue weighted by molar-refractivity contribution is 0.0951. The van der Waals surface area contributed by atoms with Crippen molar-refractivity contribution in [1.82, 2.24) is 20.1 Å². The highest BCUT2D eigenvalue weighted by Crippen LogP contribution is 2.36. The van der Waals surface area contributed by atoms with Gasteiger partial charge in [0.05, 0.1) is 12.2 Å². The second-order valence-corrected chi connectivity index (χ2v) is 6.57. The van der Waals surface area contributed by atoms with Crippen molar-refractivity contribution in [2.24, 2.45) is 5.73 Å². The maximum absolute atomic E-state index is 12.4. The van der Waals surface area contributed by atoms with Gasteiger partial charge in [0.25, 0.3) is 5.91 Å². The fraction of sp³-hybridized carbons (Fsp3) is 0.200. The summed E-state index contributed by atoms with van der Waals surface area (Å²) in [5.41, 5.74) is 7.79. The lowest BCUT2D eigenvalue weighted by atomic mass is 9.96. The number of nitrogens with one attached hydrogen (secondary N) is 2. The van der Waals surface area contributed by atoms with Gasteiger partial charge in [0.15, 0.2) is 5.82 Å². The van der Waals surface area contributed by atoms with Crippen molar-refractivity contribution in [3.63, 3.8) is 0 Å². The predicted molar refractivity (Wildman–Crippen MR) is 104 cm³/mol. The van der Waals surface area contributed by atoms with Crippen molar-refractivity contribution in [2.75, 3.05) is 13.2 Å². The smallest absolute Gasteiger partial charge is 0.252 e. The van der Waals surface area contributed by atoms with Crippen LogP contribution in [-0.2, 0) is 0 Å². The summed E-state index contributed by atoms with van der Waals surface area (Å²) in [7, 11) is 0. The summed E-state index contributed by atoms with van der Waals surface area (Å²) in [6.45, 7) is 1.07. The maximum atomic E-state index is 12.4. The van der Waals surface area contributed by atoms with E-state index < -0.39 is 0 Å². The van der Waals surface area contributed by atoms with Gasteiger partial charge in [0, 0.05) is 42.2 Å². The highest BCUT2D eigenvalue weighted by Gasteiger charge is 2.24. The number of pyridine rings is 1. The number of nitrogens with two attached hydrogens (primary N) is 1. The lowest BCUT2D eigenvalue weighted by Gasteiger charge is -2.11. The molecule has 0 aliphatic carbocycles. The number of aromatic nitrogens is 3. The second kappa shape index (κ2) is 7.51. The number of benzene rings is 1. The first-order chi connectivity index (χ1) is 13.6. The molecule has 142 valence electrons. The summed E-state index contributed by atoms with van der Waals surface area (Å²) in [6.07, 6.45) is 5.74. The Kier molecular flexibility index (Phi) is 4.76. The van der Waals surface area contributed by atoms with Crippen molar-refractivity contribution in [3.8, 4) is 11.6 Å². The van der Waals surface area contributed by atoms with Crippen LogP contribution in [0.2, 0.25) is 0 Å². The molecule has 0 fully saturated rings. The molecule has 1 unspecified atom stereocenters. The zero-order valence-corrected chi connectivity index (χ0v) is 15.1. The van der Waals surface area contributed by atoms with Crippen LogP contribution >= 0.6 is 0 Å². The van der Waals surface area contributed by atoms with Crippen molar-refractivity contribution in [3.05, 3.63) is 71.7 Å². The highest BCUT2D eigenvalue weighted by molar-refractivity contribution is 5.95. The number of amides is 1. The summed E-state index contributed by atoms with van der Waals surface area (Å²) in [4.78, 5) is 16.6. The van der Waals surface area contributed by atoms with Gasteiger partial charge < -0.3 is 15.8 Å². The van der Waals surface area contributed by atoms with E-state index in [2.05, 4.69) is 15.4 Å².